The Morgan fingerprint density at radius 2 is 1.72 bits per heavy atom. The predicted octanol–water partition coefficient (Wildman–Crippen LogP) is -0.313. The number of rotatable bonds is 3. The molecule has 0 radical (unpaired) electrons. The van der Waals surface area contributed by atoms with Crippen LogP contribution in [0.5, 0.6) is 0 Å². The van der Waals surface area contributed by atoms with E-state index in [0.29, 0.717) is 26.1 Å². The lowest BCUT2D eigenvalue weighted by molar-refractivity contribution is -0.134. The summed E-state index contributed by atoms with van der Waals surface area (Å²) in [5.41, 5.74) is 1.56. The number of nitrogens with zero attached hydrogens (tertiary/aromatic N) is 2. The Balaban J connectivity index is 2.19. The minimum atomic E-state index is -3.57. The molecule has 0 aliphatic carbocycles. The standard InChI is InChI=1S/C10H19N3O4S/c14-10(11-15)9-5-1-2-8-13(9)18(16,17)12-6-3-4-7-12/h9,15H,1-8H2,(H,11,14). The second-order valence-corrected chi connectivity index (χ2v) is 6.59. The molecule has 0 aromatic rings. The molecule has 0 aromatic heterocycles. The first-order valence-corrected chi connectivity index (χ1v) is 7.68. The summed E-state index contributed by atoms with van der Waals surface area (Å²) in [7, 11) is -3.57. The summed E-state index contributed by atoms with van der Waals surface area (Å²) in [5.74, 6) is -0.641. The monoisotopic (exact) mass is 277 g/mol. The van der Waals surface area contributed by atoms with Gasteiger partial charge in [-0.05, 0) is 25.7 Å². The smallest absolute Gasteiger partial charge is 0.282 e. The van der Waals surface area contributed by atoms with E-state index in [-0.39, 0.29) is 0 Å². The average molecular weight is 277 g/mol. The summed E-state index contributed by atoms with van der Waals surface area (Å²) < 4.78 is 27.5. The van der Waals surface area contributed by atoms with Gasteiger partial charge in [-0.2, -0.15) is 17.0 Å². The van der Waals surface area contributed by atoms with Crippen LogP contribution in [0, 0.1) is 0 Å². The van der Waals surface area contributed by atoms with E-state index in [1.807, 2.05) is 0 Å². The third-order valence-corrected chi connectivity index (χ3v) is 5.60. The van der Waals surface area contributed by atoms with Crippen LogP contribution in [-0.4, -0.2) is 53.8 Å². The Labute approximate surface area is 107 Å². The third-order valence-electron chi connectivity index (χ3n) is 3.55. The highest BCUT2D eigenvalue weighted by Gasteiger charge is 2.40. The van der Waals surface area contributed by atoms with E-state index in [2.05, 4.69) is 0 Å². The predicted molar refractivity (Wildman–Crippen MR) is 64.0 cm³/mol. The lowest BCUT2D eigenvalue weighted by atomic mass is 10.0. The first kappa shape index (κ1) is 13.7. The normalized spacial score (nSPS) is 27.3. The summed E-state index contributed by atoms with van der Waals surface area (Å²) in [6, 6.07) is -0.783. The molecule has 1 amide bonds. The van der Waals surface area contributed by atoms with Gasteiger partial charge in [0.15, 0.2) is 0 Å². The first-order chi connectivity index (χ1) is 8.57. The van der Waals surface area contributed by atoms with Crippen molar-refractivity contribution >= 4 is 16.1 Å². The van der Waals surface area contributed by atoms with Crippen molar-refractivity contribution in [3.8, 4) is 0 Å². The van der Waals surface area contributed by atoms with E-state index in [0.717, 1.165) is 25.7 Å². The molecule has 0 saturated carbocycles. The molecule has 2 heterocycles. The van der Waals surface area contributed by atoms with Crippen molar-refractivity contribution in [2.75, 3.05) is 19.6 Å². The van der Waals surface area contributed by atoms with E-state index >= 15 is 0 Å². The van der Waals surface area contributed by atoms with Gasteiger partial charge in [0.2, 0.25) is 0 Å². The fourth-order valence-electron chi connectivity index (χ4n) is 2.58. The van der Waals surface area contributed by atoms with Gasteiger partial charge >= 0.3 is 0 Å². The quantitative estimate of drug-likeness (QED) is 0.547. The molecule has 2 aliphatic heterocycles. The molecule has 2 fully saturated rings. The number of carbonyl (C=O) groups is 1. The van der Waals surface area contributed by atoms with E-state index in [4.69, 9.17) is 5.21 Å². The van der Waals surface area contributed by atoms with Crippen molar-refractivity contribution in [3.05, 3.63) is 0 Å². The fraction of sp³-hybridized carbons (Fsp3) is 0.900. The number of hydrogen-bond donors (Lipinski definition) is 2. The lowest BCUT2D eigenvalue weighted by Crippen LogP contribution is -2.55. The molecule has 1 unspecified atom stereocenters. The summed E-state index contributed by atoms with van der Waals surface area (Å²) in [5, 5.41) is 8.70. The van der Waals surface area contributed by atoms with Gasteiger partial charge in [-0.1, -0.05) is 6.42 Å². The molecule has 0 aromatic carbocycles. The van der Waals surface area contributed by atoms with Crippen LogP contribution in [0.1, 0.15) is 32.1 Å². The zero-order valence-corrected chi connectivity index (χ0v) is 11.0. The minimum absolute atomic E-state index is 0.344. The maximum Gasteiger partial charge on any atom is 0.282 e. The molecule has 0 spiro atoms. The zero-order chi connectivity index (χ0) is 13.2. The van der Waals surface area contributed by atoms with Crippen molar-refractivity contribution in [3.63, 3.8) is 0 Å². The number of hydroxylamine groups is 1. The van der Waals surface area contributed by atoms with Crippen LogP contribution in [0.25, 0.3) is 0 Å². The second-order valence-electron chi connectivity index (χ2n) is 4.71. The molecule has 8 heteroatoms. The maximum atomic E-state index is 12.4. The molecule has 2 saturated heterocycles. The van der Waals surface area contributed by atoms with Crippen molar-refractivity contribution in [2.45, 2.75) is 38.1 Å². The molecular weight excluding hydrogens is 258 g/mol. The molecule has 2 N–H and O–H groups in total. The van der Waals surface area contributed by atoms with Gasteiger partial charge in [0.25, 0.3) is 16.1 Å². The topological polar surface area (TPSA) is 90.0 Å². The average Bonchev–Trinajstić information content (AvgIpc) is 2.92. The molecular formula is C10H19N3O4S. The van der Waals surface area contributed by atoms with E-state index in [1.54, 1.807) is 5.48 Å². The number of piperidine rings is 1. The van der Waals surface area contributed by atoms with Crippen LogP contribution in [0.15, 0.2) is 0 Å². The van der Waals surface area contributed by atoms with E-state index in [9.17, 15) is 13.2 Å². The van der Waals surface area contributed by atoms with Crippen LogP contribution in [-0.2, 0) is 15.0 Å². The van der Waals surface area contributed by atoms with Crippen LogP contribution < -0.4 is 5.48 Å². The zero-order valence-electron chi connectivity index (χ0n) is 10.2. The van der Waals surface area contributed by atoms with Gasteiger partial charge in [0.05, 0.1) is 0 Å². The summed E-state index contributed by atoms with van der Waals surface area (Å²) >= 11 is 0. The molecule has 7 nitrogen and oxygen atoms in total. The Hall–Kier alpha value is -0.700. The number of carbonyl (C=O) groups excluding carboxylic acids is 1. The fourth-order valence-corrected chi connectivity index (χ4v) is 4.48. The van der Waals surface area contributed by atoms with Gasteiger partial charge in [-0.25, -0.2) is 5.48 Å². The molecule has 1 atom stereocenters. The summed E-state index contributed by atoms with van der Waals surface area (Å²) in [6.07, 6.45) is 3.74. The largest absolute Gasteiger partial charge is 0.289 e. The maximum absolute atomic E-state index is 12.4. The first-order valence-electron chi connectivity index (χ1n) is 6.28. The van der Waals surface area contributed by atoms with Crippen molar-refractivity contribution in [1.29, 1.82) is 0 Å². The number of nitrogens with one attached hydrogen (secondary N) is 1. The summed E-state index contributed by atoms with van der Waals surface area (Å²) in [6.45, 7) is 1.38. The van der Waals surface area contributed by atoms with E-state index in [1.165, 1.54) is 8.61 Å². The van der Waals surface area contributed by atoms with Crippen LogP contribution in [0.4, 0.5) is 0 Å². The third kappa shape index (κ3) is 2.51. The van der Waals surface area contributed by atoms with Crippen molar-refractivity contribution < 1.29 is 18.4 Å². The van der Waals surface area contributed by atoms with Crippen LogP contribution in [0.3, 0.4) is 0 Å². The van der Waals surface area contributed by atoms with Crippen LogP contribution in [0.2, 0.25) is 0 Å². The minimum Gasteiger partial charge on any atom is -0.289 e. The van der Waals surface area contributed by atoms with Gasteiger partial charge < -0.3 is 0 Å². The van der Waals surface area contributed by atoms with Crippen LogP contribution >= 0.6 is 0 Å². The molecule has 0 bridgehead atoms. The Kier molecular flexibility index (Phi) is 4.21. The van der Waals surface area contributed by atoms with E-state index < -0.39 is 22.2 Å². The highest BCUT2D eigenvalue weighted by atomic mass is 32.2. The molecule has 18 heavy (non-hydrogen) atoms. The molecule has 104 valence electrons. The highest BCUT2D eigenvalue weighted by molar-refractivity contribution is 7.86. The lowest BCUT2D eigenvalue weighted by Gasteiger charge is -2.35. The Bertz CT molecular complexity index is 405. The van der Waals surface area contributed by atoms with Gasteiger partial charge in [0.1, 0.15) is 6.04 Å². The van der Waals surface area contributed by atoms with Gasteiger partial charge in [-0.3, -0.25) is 10.0 Å². The second kappa shape index (κ2) is 5.52. The van der Waals surface area contributed by atoms with Crippen molar-refractivity contribution in [1.82, 2.24) is 14.1 Å². The van der Waals surface area contributed by atoms with Crippen molar-refractivity contribution in [2.24, 2.45) is 0 Å². The SMILES string of the molecule is O=C(NO)C1CCCCN1S(=O)(=O)N1CCCC1. The molecule has 2 aliphatic rings. The highest BCUT2D eigenvalue weighted by Crippen LogP contribution is 2.25. The molecule has 2 rings (SSSR count). The number of hydrogen-bond acceptors (Lipinski definition) is 4. The van der Waals surface area contributed by atoms with Gasteiger partial charge in [-0.15, -0.1) is 0 Å². The van der Waals surface area contributed by atoms with Gasteiger partial charge in [0, 0.05) is 19.6 Å². The Morgan fingerprint density at radius 3 is 2.33 bits per heavy atom. The summed E-state index contributed by atoms with van der Waals surface area (Å²) in [4.78, 5) is 11.6. The Morgan fingerprint density at radius 1 is 1.11 bits per heavy atom. The number of amides is 1.